The fourth-order valence-corrected chi connectivity index (χ4v) is 2.72. The molecule has 1 aromatic heterocycles. The highest BCUT2D eigenvalue weighted by Crippen LogP contribution is 2.22. The summed E-state index contributed by atoms with van der Waals surface area (Å²) in [7, 11) is 0. The fraction of sp³-hybridized carbons (Fsp3) is 0.438. The van der Waals surface area contributed by atoms with Crippen LogP contribution in [0.25, 0.3) is 0 Å². The van der Waals surface area contributed by atoms with Gasteiger partial charge in [-0.15, -0.1) is 10.2 Å². The number of amides is 1. The van der Waals surface area contributed by atoms with Crippen LogP contribution in [0.4, 0.5) is 4.39 Å². The molecule has 0 bridgehead atoms. The van der Waals surface area contributed by atoms with Crippen LogP contribution in [-0.2, 0) is 11.3 Å². The first-order chi connectivity index (χ1) is 11.1. The second-order valence-corrected chi connectivity index (χ2v) is 5.57. The van der Waals surface area contributed by atoms with Gasteiger partial charge in [0.1, 0.15) is 18.2 Å². The Kier molecular flexibility index (Phi) is 4.38. The van der Waals surface area contributed by atoms with Gasteiger partial charge in [0.05, 0.1) is 18.7 Å². The number of nitrogens with zero attached hydrogens (tertiary/aromatic N) is 4. The van der Waals surface area contributed by atoms with E-state index < -0.39 is 5.82 Å². The van der Waals surface area contributed by atoms with E-state index in [0.717, 1.165) is 12.1 Å². The van der Waals surface area contributed by atoms with E-state index in [1.807, 2.05) is 18.4 Å². The average molecular weight is 318 g/mol. The highest BCUT2D eigenvalue weighted by Gasteiger charge is 2.30. The van der Waals surface area contributed by atoms with Crippen LogP contribution in [0, 0.1) is 12.7 Å². The molecular formula is C16H19FN4O2. The first-order valence-corrected chi connectivity index (χ1v) is 7.65. The van der Waals surface area contributed by atoms with E-state index in [0.29, 0.717) is 25.5 Å². The Hall–Kier alpha value is -2.28. The number of carbonyl (C=O) groups is 1. The van der Waals surface area contributed by atoms with Crippen LogP contribution in [0.3, 0.4) is 0 Å². The van der Waals surface area contributed by atoms with Gasteiger partial charge >= 0.3 is 0 Å². The summed E-state index contributed by atoms with van der Waals surface area (Å²) in [5.41, 5.74) is 0.952. The average Bonchev–Trinajstić information content (AvgIpc) is 3.05. The van der Waals surface area contributed by atoms with Crippen LogP contribution in [-0.4, -0.2) is 45.3 Å². The second kappa shape index (κ2) is 6.45. The predicted molar refractivity (Wildman–Crippen MR) is 81.4 cm³/mol. The van der Waals surface area contributed by atoms with Crippen molar-refractivity contribution >= 4 is 5.91 Å². The molecule has 1 aliphatic heterocycles. The predicted octanol–water partition coefficient (Wildman–Crippen LogP) is 1.96. The molecule has 23 heavy (non-hydrogen) atoms. The topological polar surface area (TPSA) is 60.2 Å². The maximum absolute atomic E-state index is 14.0. The van der Waals surface area contributed by atoms with Gasteiger partial charge in [0, 0.05) is 13.1 Å². The molecule has 6 nitrogen and oxygen atoms in total. The molecular weight excluding hydrogens is 299 g/mol. The third-order valence-electron chi connectivity index (χ3n) is 3.98. The second-order valence-electron chi connectivity index (χ2n) is 5.57. The minimum absolute atomic E-state index is 0.0996. The molecule has 0 unspecified atom stereocenters. The Morgan fingerprint density at radius 2 is 2.30 bits per heavy atom. The van der Waals surface area contributed by atoms with E-state index in [4.69, 9.17) is 4.74 Å². The SMILES string of the molecule is CCn1cnnc1[C@@H]1CN(C(=O)c2cc(C)ccc2F)CCO1. The molecule has 1 saturated heterocycles. The van der Waals surface area contributed by atoms with Gasteiger partial charge in [-0.25, -0.2) is 4.39 Å². The van der Waals surface area contributed by atoms with Crippen molar-refractivity contribution in [3.8, 4) is 0 Å². The Labute approximate surface area is 133 Å². The minimum Gasteiger partial charge on any atom is -0.366 e. The Morgan fingerprint density at radius 3 is 3.09 bits per heavy atom. The van der Waals surface area contributed by atoms with Crippen LogP contribution in [0.2, 0.25) is 0 Å². The number of aryl methyl sites for hydroxylation is 2. The molecule has 1 aliphatic rings. The maximum atomic E-state index is 14.0. The van der Waals surface area contributed by atoms with E-state index in [1.165, 1.54) is 6.07 Å². The monoisotopic (exact) mass is 318 g/mol. The van der Waals surface area contributed by atoms with Crippen LogP contribution < -0.4 is 0 Å². The molecule has 1 amide bonds. The van der Waals surface area contributed by atoms with Gasteiger partial charge in [0.15, 0.2) is 5.82 Å². The lowest BCUT2D eigenvalue weighted by Gasteiger charge is -2.32. The minimum atomic E-state index is -0.500. The quantitative estimate of drug-likeness (QED) is 0.868. The van der Waals surface area contributed by atoms with E-state index in [9.17, 15) is 9.18 Å². The number of morpholine rings is 1. The molecule has 0 N–H and O–H groups in total. The summed E-state index contributed by atoms with van der Waals surface area (Å²) < 4.78 is 21.6. The van der Waals surface area contributed by atoms with Gasteiger partial charge < -0.3 is 14.2 Å². The molecule has 0 radical (unpaired) electrons. The zero-order valence-corrected chi connectivity index (χ0v) is 13.2. The van der Waals surface area contributed by atoms with Gasteiger partial charge in [-0.2, -0.15) is 0 Å². The summed E-state index contributed by atoms with van der Waals surface area (Å²) in [6.45, 7) is 5.71. The lowest BCUT2D eigenvalue weighted by Crippen LogP contribution is -2.43. The highest BCUT2D eigenvalue weighted by molar-refractivity contribution is 5.94. The molecule has 0 aliphatic carbocycles. The maximum Gasteiger partial charge on any atom is 0.257 e. The van der Waals surface area contributed by atoms with Crippen molar-refractivity contribution in [2.24, 2.45) is 0 Å². The zero-order chi connectivity index (χ0) is 16.4. The number of aromatic nitrogens is 3. The van der Waals surface area contributed by atoms with Crippen molar-refractivity contribution in [1.29, 1.82) is 0 Å². The smallest absolute Gasteiger partial charge is 0.257 e. The van der Waals surface area contributed by atoms with Crippen molar-refractivity contribution in [2.45, 2.75) is 26.5 Å². The molecule has 2 aromatic rings. The van der Waals surface area contributed by atoms with Gasteiger partial charge in [-0.1, -0.05) is 11.6 Å². The molecule has 1 aromatic carbocycles. The number of hydrogen-bond acceptors (Lipinski definition) is 4. The van der Waals surface area contributed by atoms with Crippen LogP contribution >= 0.6 is 0 Å². The van der Waals surface area contributed by atoms with Gasteiger partial charge in [-0.3, -0.25) is 4.79 Å². The summed E-state index contributed by atoms with van der Waals surface area (Å²) in [6.07, 6.45) is 1.29. The molecule has 122 valence electrons. The van der Waals surface area contributed by atoms with E-state index in [2.05, 4.69) is 10.2 Å². The molecule has 7 heteroatoms. The number of hydrogen-bond donors (Lipinski definition) is 0. The van der Waals surface area contributed by atoms with Crippen LogP contribution in [0.5, 0.6) is 0 Å². The van der Waals surface area contributed by atoms with Gasteiger partial charge in [0.25, 0.3) is 5.91 Å². The number of rotatable bonds is 3. The number of carbonyl (C=O) groups excluding carboxylic acids is 1. The third-order valence-corrected chi connectivity index (χ3v) is 3.98. The summed E-state index contributed by atoms with van der Waals surface area (Å²) in [6, 6.07) is 4.56. The first-order valence-electron chi connectivity index (χ1n) is 7.65. The standard InChI is InChI=1S/C16H19FN4O2/c1-3-20-10-18-19-15(20)14-9-21(6-7-23-14)16(22)12-8-11(2)4-5-13(12)17/h4-5,8,10,14H,3,6-7,9H2,1-2H3/t14-/m0/s1. The van der Waals surface area contributed by atoms with Crippen molar-refractivity contribution in [2.75, 3.05) is 19.7 Å². The van der Waals surface area contributed by atoms with Crippen LogP contribution in [0.1, 0.15) is 34.8 Å². The summed E-state index contributed by atoms with van der Waals surface area (Å²) in [4.78, 5) is 14.2. The Bertz CT molecular complexity index is 716. The molecule has 1 fully saturated rings. The van der Waals surface area contributed by atoms with Crippen molar-refractivity contribution < 1.29 is 13.9 Å². The first kappa shape index (κ1) is 15.6. The lowest BCUT2D eigenvalue weighted by molar-refractivity contribution is -0.0285. The Balaban J connectivity index is 1.81. The summed E-state index contributed by atoms with van der Waals surface area (Å²) >= 11 is 0. The molecule has 2 heterocycles. The van der Waals surface area contributed by atoms with Gasteiger partial charge in [0.2, 0.25) is 0 Å². The summed E-state index contributed by atoms with van der Waals surface area (Å²) in [5, 5.41) is 7.98. The third kappa shape index (κ3) is 3.10. The Morgan fingerprint density at radius 1 is 1.48 bits per heavy atom. The largest absolute Gasteiger partial charge is 0.366 e. The molecule has 0 spiro atoms. The highest BCUT2D eigenvalue weighted by atomic mass is 19.1. The number of benzene rings is 1. The van der Waals surface area contributed by atoms with Gasteiger partial charge in [-0.05, 0) is 26.0 Å². The fourth-order valence-electron chi connectivity index (χ4n) is 2.72. The normalized spacial score (nSPS) is 18.2. The molecule has 3 rings (SSSR count). The van der Waals surface area contributed by atoms with E-state index in [1.54, 1.807) is 23.4 Å². The van der Waals surface area contributed by atoms with Crippen molar-refractivity contribution in [3.05, 3.63) is 47.3 Å². The van der Waals surface area contributed by atoms with E-state index >= 15 is 0 Å². The molecule has 1 atom stereocenters. The number of ether oxygens (including phenoxy) is 1. The lowest BCUT2D eigenvalue weighted by atomic mass is 10.1. The number of halogens is 1. The van der Waals surface area contributed by atoms with E-state index in [-0.39, 0.29) is 17.6 Å². The summed E-state index contributed by atoms with van der Waals surface area (Å²) in [5.74, 6) is -0.128. The van der Waals surface area contributed by atoms with Crippen LogP contribution in [0.15, 0.2) is 24.5 Å². The van der Waals surface area contributed by atoms with Crippen molar-refractivity contribution in [1.82, 2.24) is 19.7 Å². The van der Waals surface area contributed by atoms with Crippen molar-refractivity contribution in [3.63, 3.8) is 0 Å². The zero-order valence-electron chi connectivity index (χ0n) is 13.2. The molecule has 0 saturated carbocycles.